The van der Waals surface area contributed by atoms with Crippen molar-refractivity contribution in [2.75, 3.05) is 0 Å². The molecule has 21 heavy (non-hydrogen) atoms. The summed E-state index contributed by atoms with van der Waals surface area (Å²) in [6, 6.07) is 18.5. The van der Waals surface area contributed by atoms with Crippen LogP contribution in [0.25, 0.3) is 28.5 Å². The molecule has 0 aliphatic carbocycles. The summed E-state index contributed by atoms with van der Waals surface area (Å²) in [5.41, 5.74) is 5.06. The van der Waals surface area contributed by atoms with Gasteiger partial charge in [-0.05, 0) is 41.0 Å². The van der Waals surface area contributed by atoms with Gasteiger partial charge < -0.3 is 0 Å². The Bertz CT molecular complexity index is 758. The molecule has 0 radical (unpaired) electrons. The van der Waals surface area contributed by atoms with Gasteiger partial charge in [-0.1, -0.05) is 49.1 Å². The highest BCUT2D eigenvalue weighted by atomic mass is 19.1. The van der Waals surface area contributed by atoms with E-state index in [1.807, 2.05) is 36.4 Å². The van der Waals surface area contributed by atoms with Crippen LogP contribution in [0.2, 0.25) is 0 Å². The van der Waals surface area contributed by atoms with Crippen LogP contribution >= 0.6 is 0 Å². The fraction of sp³-hybridized carbons (Fsp3) is 0. The van der Waals surface area contributed by atoms with Gasteiger partial charge in [0.05, 0.1) is 5.69 Å². The van der Waals surface area contributed by atoms with Gasteiger partial charge in [-0.3, -0.25) is 4.98 Å². The second-order valence-corrected chi connectivity index (χ2v) is 4.76. The molecule has 0 bridgehead atoms. The number of hydrogen-bond acceptors (Lipinski definition) is 1. The van der Waals surface area contributed by atoms with E-state index < -0.39 is 0 Å². The third kappa shape index (κ3) is 2.90. The van der Waals surface area contributed by atoms with Gasteiger partial charge in [0, 0.05) is 11.8 Å². The van der Waals surface area contributed by atoms with E-state index in [9.17, 15) is 4.39 Å². The van der Waals surface area contributed by atoms with Crippen LogP contribution in [0, 0.1) is 5.82 Å². The Labute approximate surface area is 123 Å². The Kier molecular flexibility index (Phi) is 3.61. The molecule has 0 atom stereocenters. The number of benzene rings is 2. The van der Waals surface area contributed by atoms with Crippen LogP contribution in [-0.2, 0) is 0 Å². The smallest absolute Gasteiger partial charge is 0.123 e. The van der Waals surface area contributed by atoms with Crippen molar-refractivity contribution in [3.05, 3.63) is 84.8 Å². The van der Waals surface area contributed by atoms with Crippen molar-refractivity contribution < 1.29 is 4.39 Å². The first kappa shape index (κ1) is 13.3. The molecule has 2 heteroatoms. The Morgan fingerprint density at radius 1 is 0.810 bits per heavy atom. The van der Waals surface area contributed by atoms with Crippen molar-refractivity contribution in [3.8, 4) is 22.4 Å². The molecule has 2 aromatic carbocycles. The summed E-state index contributed by atoms with van der Waals surface area (Å²) in [6.07, 6.45) is 3.58. The quantitative estimate of drug-likeness (QED) is 0.640. The number of pyridine rings is 1. The van der Waals surface area contributed by atoms with Gasteiger partial charge in [0.2, 0.25) is 0 Å². The Balaban J connectivity index is 1.93. The third-order valence-electron chi connectivity index (χ3n) is 3.38. The van der Waals surface area contributed by atoms with Crippen LogP contribution in [0.3, 0.4) is 0 Å². The molecule has 0 spiro atoms. The normalized spacial score (nSPS) is 10.3. The van der Waals surface area contributed by atoms with Gasteiger partial charge in [-0.25, -0.2) is 4.39 Å². The number of nitrogens with zero attached hydrogens (tertiary/aromatic N) is 1. The van der Waals surface area contributed by atoms with E-state index in [1.54, 1.807) is 24.4 Å². The maximum absolute atomic E-state index is 12.9. The SMILES string of the molecule is C=Cc1ccnc(-c2ccc(-c3ccc(F)cc3)cc2)c1. The van der Waals surface area contributed by atoms with Crippen LogP contribution in [0.5, 0.6) is 0 Å². The fourth-order valence-electron chi connectivity index (χ4n) is 2.21. The van der Waals surface area contributed by atoms with Crippen molar-refractivity contribution in [1.29, 1.82) is 0 Å². The Morgan fingerprint density at radius 3 is 2.00 bits per heavy atom. The molecule has 1 heterocycles. The van der Waals surface area contributed by atoms with Crippen LogP contribution in [-0.4, -0.2) is 4.98 Å². The minimum absolute atomic E-state index is 0.221. The summed E-state index contributed by atoms with van der Waals surface area (Å²) in [6.45, 7) is 3.77. The second kappa shape index (κ2) is 5.71. The lowest BCUT2D eigenvalue weighted by atomic mass is 10.0. The molecule has 1 aromatic heterocycles. The topological polar surface area (TPSA) is 12.9 Å². The summed E-state index contributed by atoms with van der Waals surface area (Å²) < 4.78 is 12.9. The molecule has 102 valence electrons. The van der Waals surface area contributed by atoms with E-state index in [1.165, 1.54) is 12.1 Å². The van der Waals surface area contributed by atoms with E-state index in [0.29, 0.717) is 0 Å². The van der Waals surface area contributed by atoms with Crippen LogP contribution < -0.4 is 0 Å². The highest BCUT2D eigenvalue weighted by molar-refractivity contribution is 5.69. The van der Waals surface area contributed by atoms with Crippen molar-refractivity contribution in [2.24, 2.45) is 0 Å². The molecule has 0 amide bonds. The molecule has 3 aromatic rings. The maximum Gasteiger partial charge on any atom is 0.123 e. The minimum atomic E-state index is -0.221. The monoisotopic (exact) mass is 275 g/mol. The molecular weight excluding hydrogens is 261 g/mol. The van der Waals surface area contributed by atoms with Crippen molar-refractivity contribution in [3.63, 3.8) is 0 Å². The molecule has 0 N–H and O–H groups in total. The lowest BCUT2D eigenvalue weighted by molar-refractivity contribution is 0.628. The average molecular weight is 275 g/mol. The summed E-state index contributed by atoms with van der Waals surface area (Å²) in [5.74, 6) is -0.221. The summed E-state index contributed by atoms with van der Waals surface area (Å²) >= 11 is 0. The zero-order valence-corrected chi connectivity index (χ0v) is 11.5. The molecular formula is C19H14FN. The lowest BCUT2D eigenvalue weighted by Crippen LogP contribution is -1.85. The predicted molar refractivity (Wildman–Crippen MR) is 85.2 cm³/mol. The molecule has 0 saturated heterocycles. The largest absolute Gasteiger partial charge is 0.256 e. The Hall–Kier alpha value is -2.74. The number of halogens is 1. The van der Waals surface area contributed by atoms with Crippen molar-refractivity contribution >= 4 is 6.08 Å². The first-order valence-corrected chi connectivity index (χ1v) is 6.71. The zero-order chi connectivity index (χ0) is 14.7. The second-order valence-electron chi connectivity index (χ2n) is 4.76. The standard InChI is InChI=1S/C19H14FN/c1-2-14-11-12-21-19(13-14)17-5-3-15(4-6-17)16-7-9-18(20)10-8-16/h2-13H,1H2. The Morgan fingerprint density at radius 2 is 1.38 bits per heavy atom. The van der Waals surface area contributed by atoms with E-state index >= 15 is 0 Å². The van der Waals surface area contributed by atoms with Gasteiger partial charge in [0.15, 0.2) is 0 Å². The van der Waals surface area contributed by atoms with E-state index in [-0.39, 0.29) is 5.82 Å². The molecule has 0 fully saturated rings. The van der Waals surface area contributed by atoms with Gasteiger partial charge in [0.25, 0.3) is 0 Å². The highest BCUT2D eigenvalue weighted by Crippen LogP contribution is 2.24. The molecule has 0 saturated carbocycles. The summed E-state index contributed by atoms with van der Waals surface area (Å²) in [4.78, 5) is 4.37. The molecule has 1 nitrogen and oxygen atoms in total. The van der Waals surface area contributed by atoms with Crippen LogP contribution in [0.4, 0.5) is 4.39 Å². The lowest BCUT2D eigenvalue weighted by Gasteiger charge is -2.05. The van der Waals surface area contributed by atoms with Gasteiger partial charge in [0.1, 0.15) is 5.82 Å². The highest BCUT2D eigenvalue weighted by Gasteiger charge is 2.02. The fourth-order valence-corrected chi connectivity index (χ4v) is 2.21. The zero-order valence-electron chi connectivity index (χ0n) is 11.5. The number of rotatable bonds is 3. The van der Waals surface area contributed by atoms with E-state index in [0.717, 1.165) is 27.9 Å². The van der Waals surface area contributed by atoms with Crippen molar-refractivity contribution in [2.45, 2.75) is 0 Å². The first-order chi connectivity index (χ1) is 10.3. The predicted octanol–water partition coefficient (Wildman–Crippen LogP) is 5.20. The average Bonchev–Trinajstić information content (AvgIpc) is 2.56. The molecule has 3 rings (SSSR count). The number of aromatic nitrogens is 1. The molecule has 0 unspecified atom stereocenters. The molecule has 0 aliphatic rings. The first-order valence-electron chi connectivity index (χ1n) is 6.71. The van der Waals surface area contributed by atoms with Crippen molar-refractivity contribution in [1.82, 2.24) is 4.98 Å². The number of hydrogen-bond donors (Lipinski definition) is 0. The van der Waals surface area contributed by atoms with E-state index in [2.05, 4.69) is 11.6 Å². The van der Waals surface area contributed by atoms with Gasteiger partial charge in [-0.15, -0.1) is 0 Å². The maximum atomic E-state index is 12.9. The van der Waals surface area contributed by atoms with Gasteiger partial charge >= 0.3 is 0 Å². The third-order valence-corrected chi connectivity index (χ3v) is 3.38. The van der Waals surface area contributed by atoms with Crippen LogP contribution in [0.15, 0.2) is 73.4 Å². The van der Waals surface area contributed by atoms with Gasteiger partial charge in [-0.2, -0.15) is 0 Å². The molecule has 0 aliphatic heterocycles. The minimum Gasteiger partial charge on any atom is -0.256 e. The summed E-state index contributed by atoms with van der Waals surface area (Å²) in [5, 5.41) is 0. The van der Waals surface area contributed by atoms with Crippen LogP contribution in [0.1, 0.15) is 5.56 Å². The summed E-state index contributed by atoms with van der Waals surface area (Å²) in [7, 11) is 0. The van der Waals surface area contributed by atoms with E-state index in [4.69, 9.17) is 0 Å².